The number of hydrogen-bond donors (Lipinski definition) is 0. The van der Waals surface area contributed by atoms with Crippen LogP contribution in [0, 0.1) is 5.92 Å². The number of rotatable bonds is 11. The van der Waals surface area contributed by atoms with Crippen molar-refractivity contribution in [3.8, 4) is 0 Å². The van der Waals surface area contributed by atoms with Crippen LogP contribution in [-0.4, -0.2) is 71.0 Å². The van der Waals surface area contributed by atoms with Gasteiger partial charge in [0.15, 0.2) is 11.6 Å². The Morgan fingerprint density at radius 1 is 0.872 bits per heavy atom. The van der Waals surface area contributed by atoms with Gasteiger partial charge in [0.05, 0.1) is 51.1 Å². The third-order valence-corrected chi connectivity index (χ3v) is 8.77. The van der Waals surface area contributed by atoms with Gasteiger partial charge in [0.25, 0.3) is 0 Å². The lowest BCUT2D eigenvalue weighted by molar-refractivity contribution is -0.162. The Morgan fingerprint density at radius 3 is 1.96 bits per heavy atom. The van der Waals surface area contributed by atoms with Crippen LogP contribution in [0.4, 0.5) is 0 Å². The van der Waals surface area contributed by atoms with Crippen molar-refractivity contribution in [2.75, 3.05) is 20.8 Å². The van der Waals surface area contributed by atoms with E-state index in [9.17, 15) is 9.59 Å². The van der Waals surface area contributed by atoms with E-state index in [0.29, 0.717) is 18.9 Å². The van der Waals surface area contributed by atoms with E-state index in [1.807, 2.05) is 68.4 Å². The molecule has 1 aromatic heterocycles. The van der Waals surface area contributed by atoms with Crippen molar-refractivity contribution in [1.82, 2.24) is 20.2 Å². The molecule has 4 aromatic rings. The molecule has 244 valence electrons. The van der Waals surface area contributed by atoms with Crippen molar-refractivity contribution in [2.45, 2.75) is 56.2 Å². The van der Waals surface area contributed by atoms with E-state index in [0.717, 1.165) is 16.7 Å². The molecular formula is C36H38N4O7. The van der Waals surface area contributed by atoms with E-state index >= 15 is 0 Å². The molecule has 0 radical (unpaired) electrons. The summed E-state index contributed by atoms with van der Waals surface area (Å²) in [6, 6.07) is 30.6. The molecular weight excluding hydrogens is 600 g/mol. The molecule has 11 nitrogen and oxygen atoms in total. The summed E-state index contributed by atoms with van der Waals surface area (Å²) in [5, 5.41) is 12.4. The maximum Gasteiger partial charge on any atom is 0.332 e. The highest BCUT2D eigenvalue weighted by atomic mass is 16.8. The van der Waals surface area contributed by atoms with Gasteiger partial charge in [-0.1, -0.05) is 91.0 Å². The Labute approximate surface area is 273 Å². The minimum atomic E-state index is -0.912. The zero-order chi connectivity index (χ0) is 33.0. The number of aromatic nitrogens is 4. The largest absolute Gasteiger partial charge is 0.469 e. The number of carbonyl (C=O) groups excluding carboxylic acids is 2. The number of carbonyl (C=O) groups is 2. The Kier molecular flexibility index (Phi) is 9.31. The van der Waals surface area contributed by atoms with Gasteiger partial charge in [-0.05, 0) is 47.4 Å². The lowest BCUT2D eigenvalue weighted by Gasteiger charge is -2.37. The van der Waals surface area contributed by atoms with E-state index in [2.05, 4.69) is 51.9 Å². The number of ether oxygens (including phenoxy) is 5. The zero-order valence-electron chi connectivity index (χ0n) is 26.8. The molecule has 4 atom stereocenters. The molecule has 1 aliphatic carbocycles. The first-order chi connectivity index (χ1) is 22.8. The third kappa shape index (κ3) is 6.47. The van der Waals surface area contributed by atoms with Crippen LogP contribution in [0.5, 0.6) is 0 Å². The third-order valence-electron chi connectivity index (χ3n) is 8.77. The molecule has 0 N–H and O–H groups in total. The summed E-state index contributed by atoms with van der Waals surface area (Å²) in [7, 11) is 2.53. The molecule has 47 heavy (non-hydrogen) atoms. The summed E-state index contributed by atoms with van der Waals surface area (Å²) in [4.78, 5) is 24.6. The number of benzene rings is 3. The number of hydrogen-bond acceptors (Lipinski definition) is 10. The molecule has 1 saturated heterocycles. The quantitative estimate of drug-likeness (QED) is 0.128. The first kappa shape index (κ1) is 32.2. The summed E-state index contributed by atoms with van der Waals surface area (Å²) < 4.78 is 31.3. The lowest BCUT2D eigenvalue weighted by Crippen LogP contribution is -2.37. The van der Waals surface area contributed by atoms with E-state index < -0.39 is 29.4 Å². The topological polar surface area (TPSA) is 124 Å². The average molecular weight is 639 g/mol. The van der Waals surface area contributed by atoms with Gasteiger partial charge in [0.2, 0.25) is 0 Å². The molecule has 0 spiro atoms. The second-order valence-electron chi connectivity index (χ2n) is 12.1. The van der Waals surface area contributed by atoms with E-state index in [-0.39, 0.29) is 30.1 Å². The van der Waals surface area contributed by atoms with Crippen LogP contribution < -0.4 is 0 Å². The normalized spacial score (nSPS) is 22.1. The van der Waals surface area contributed by atoms with Crippen LogP contribution >= 0.6 is 0 Å². The highest BCUT2D eigenvalue weighted by Gasteiger charge is 2.56. The molecule has 0 bridgehead atoms. The highest BCUT2D eigenvalue weighted by Crippen LogP contribution is 2.50. The van der Waals surface area contributed by atoms with E-state index in [1.54, 1.807) is 0 Å². The summed E-state index contributed by atoms with van der Waals surface area (Å²) in [6.45, 7) is 4.08. The fraction of sp³-hybridized carbons (Fsp3) is 0.361. The van der Waals surface area contributed by atoms with Gasteiger partial charge in [0.1, 0.15) is 5.60 Å². The summed E-state index contributed by atoms with van der Waals surface area (Å²) in [5.41, 5.74) is 2.30. The summed E-state index contributed by atoms with van der Waals surface area (Å²) >= 11 is 0. The summed E-state index contributed by atoms with van der Waals surface area (Å²) in [5.74, 6) is -2.11. The van der Waals surface area contributed by atoms with Crippen molar-refractivity contribution in [2.24, 2.45) is 5.92 Å². The van der Waals surface area contributed by atoms with Crippen LogP contribution in [0.1, 0.15) is 55.1 Å². The molecule has 0 amide bonds. The number of tetrazole rings is 1. The van der Waals surface area contributed by atoms with Gasteiger partial charge in [-0.25, -0.2) is 9.48 Å². The molecule has 3 aromatic carbocycles. The SMILES string of the molecule is COC(=O)/C=C(\CC(=O)OC)n1nnnc1[C@@H]1C[C@H](COC(c2ccccc2)(c2ccccc2)c2ccccc2)[C@H]2OC(C)(C)O[C@H]21. The second kappa shape index (κ2) is 13.6. The standard InChI is InChI=1S/C36H38N4O7/c1-35(2)46-32-24(20-29(33(32)47-35)34-37-38-39-40(34)28(21-30(41)43-3)22-31(42)44-4)23-45-36(25-14-8-5-9-15-25,26-16-10-6-11-17-26)27-18-12-7-13-19-27/h5-19,21,24,29,32-33H,20,22-23H2,1-4H3/b28-21+/t24-,29-,32-,33+/m1/s1. The van der Waals surface area contributed by atoms with Crippen LogP contribution in [0.3, 0.4) is 0 Å². The lowest BCUT2D eigenvalue weighted by atomic mass is 9.80. The van der Waals surface area contributed by atoms with Gasteiger partial charge in [-0.2, -0.15) is 0 Å². The maximum atomic E-state index is 12.3. The van der Waals surface area contributed by atoms with Crippen LogP contribution in [0.2, 0.25) is 0 Å². The van der Waals surface area contributed by atoms with Gasteiger partial charge in [-0.15, -0.1) is 5.10 Å². The number of esters is 2. The predicted octanol–water partition coefficient (Wildman–Crippen LogP) is 4.88. The molecule has 0 unspecified atom stereocenters. The number of fused-ring (bicyclic) bond motifs is 1. The van der Waals surface area contributed by atoms with Crippen molar-refractivity contribution >= 4 is 17.6 Å². The monoisotopic (exact) mass is 638 g/mol. The molecule has 1 saturated carbocycles. The first-order valence-corrected chi connectivity index (χ1v) is 15.6. The summed E-state index contributed by atoms with van der Waals surface area (Å²) in [6.07, 6.45) is 0.750. The van der Waals surface area contributed by atoms with Crippen LogP contribution in [-0.2, 0) is 38.9 Å². The molecule has 2 fully saturated rings. The van der Waals surface area contributed by atoms with Crippen LogP contribution in [0.25, 0.3) is 5.70 Å². The number of methoxy groups -OCH3 is 2. The minimum absolute atomic E-state index is 0.124. The zero-order valence-corrected chi connectivity index (χ0v) is 26.8. The molecule has 6 rings (SSSR count). The van der Waals surface area contributed by atoms with E-state index in [1.165, 1.54) is 25.0 Å². The smallest absolute Gasteiger partial charge is 0.332 e. The fourth-order valence-electron chi connectivity index (χ4n) is 6.74. The molecule has 1 aliphatic heterocycles. The van der Waals surface area contributed by atoms with Crippen molar-refractivity contribution in [3.05, 3.63) is 120 Å². The molecule has 2 aliphatic rings. The average Bonchev–Trinajstić information content (AvgIpc) is 3.79. The minimum Gasteiger partial charge on any atom is -0.469 e. The highest BCUT2D eigenvalue weighted by molar-refractivity contribution is 5.91. The fourth-order valence-corrected chi connectivity index (χ4v) is 6.74. The Hall–Kier alpha value is -4.71. The second-order valence-corrected chi connectivity index (χ2v) is 12.1. The van der Waals surface area contributed by atoms with Gasteiger partial charge in [-0.3, -0.25) is 4.79 Å². The molecule has 11 heteroatoms. The van der Waals surface area contributed by atoms with Gasteiger partial charge in [0, 0.05) is 12.0 Å². The van der Waals surface area contributed by atoms with Gasteiger partial charge >= 0.3 is 11.9 Å². The Bertz CT molecular complexity index is 1610. The van der Waals surface area contributed by atoms with Crippen molar-refractivity contribution < 1.29 is 33.3 Å². The Morgan fingerprint density at radius 2 is 1.43 bits per heavy atom. The molecule has 2 heterocycles. The maximum absolute atomic E-state index is 12.3. The first-order valence-electron chi connectivity index (χ1n) is 15.6. The van der Waals surface area contributed by atoms with Crippen LogP contribution in [0.15, 0.2) is 97.1 Å². The predicted molar refractivity (Wildman–Crippen MR) is 171 cm³/mol. The number of nitrogens with zero attached hydrogens (tertiary/aromatic N) is 4. The Balaban J connectivity index is 1.38. The van der Waals surface area contributed by atoms with Crippen molar-refractivity contribution in [1.29, 1.82) is 0 Å². The van der Waals surface area contributed by atoms with Crippen molar-refractivity contribution in [3.63, 3.8) is 0 Å². The van der Waals surface area contributed by atoms with E-state index in [4.69, 9.17) is 23.7 Å². The van der Waals surface area contributed by atoms with Gasteiger partial charge < -0.3 is 23.7 Å².